The Hall–Kier alpha value is -1.10. The lowest BCUT2D eigenvalue weighted by atomic mass is 10.3. The van der Waals surface area contributed by atoms with E-state index in [4.69, 9.17) is 5.73 Å². The molecule has 0 fully saturated rings. The molecule has 0 saturated carbocycles. The fourth-order valence-corrected chi connectivity index (χ4v) is 0.945. The predicted octanol–water partition coefficient (Wildman–Crippen LogP) is -0.210. The molecule has 2 N–H and O–H groups in total. The summed E-state index contributed by atoms with van der Waals surface area (Å²) in [4.78, 5) is 13.9. The zero-order valence-electron chi connectivity index (χ0n) is 5.37. The van der Waals surface area contributed by atoms with Crippen molar-refractivity contribution in [2.24, 2.45) is 0 Å². The van der Waals surface area contributed by atoms with E-state index in [1.165, 1.54) is 12.3 Å². The van der Waals surface area contributed by atoms with Crippen LogP contribution >= 0.6 is 15.9 Å². The second-order valence-electron chi connectivity index (χ2n) is 1.87. The number of anilines is 1. The molecule has 0 aliphatic carbocycles. The van der Waals surface area contributed by atoms with Crippen molar-refractivity contribution in [3.63, 3.8) is 0 Å². The van der Waals surface area contributed by atoms with Crippen LogP contribution in [0, 0.1) is 0 Å². The van der Waals surface area contributed by atoms with Crippen molar-refractivity contribution in [2.45, 2.75) is 0 Å². The summed E-state index contributed by atoms with van der Waals surface area (Å²) in [6, 6.07) is 1.34. The molecule has 0 aliphatic heterocycles. The number of aromatic carboxylic acids is 1. The number of nitrogen functional groups attached to an aromatic ring is 1. The third-order valence-electron chi connectivity index (χ3n) is 1.11. The van der Waals surface area contributed by atoms with Crippen LogP contribution in [-0.2, 0) is 0 Å². The van der Waals surface area contributed by atoms with Crippen LogP contribution in [0.15, 0.2) is 16.7 Å². The minimum Gasteiger partial charge on any atom is -0.545 e. The third-order valence-corrected chi connectivity index (χ3v) is 1.54. The maximum Gasteiger partial charge on any atom is 0.132 e. The van der Waals surface area contributed by atoms with Gasteiger partial charge in [0.25, 0.3) is 0 Å². The summed E-state index contributed by atoms with van der Waals surface area (Å²) >= 11 is 3.06. The summed E-state index contributed by atoms with van der Waals surface area (Å²) in [5.41, 5.74) is 5.14. The molecule has 1 aromatic heterocycles. The van der Waals surface area contributed by atoms with Crippen LogP contribution in [0.5, 0.6) is 0 Å². The van der Waals surface area contributed by atoms with Crippen molar-refractivity contribution in [3.8, 4) is 0 Å². The van der Waals surface area contributed by atoms with E-state index in [1.807, 2.05) is 0 Å². The molecule has 11 heavy (non-hydrogen) atoms. The van der Waals surface area contributed by atoms with Gasteiger partial charge in [-0.1, -0.05) is 0 Å². The van der Waals surface area contributed by atoms with E-state index in [0.717, 1.165) is 0 Å². The summed E-state index contributed by atoms with van der Waals surface area (Å²) in [5, 5.41) is 10.3. The minimum absolute atomic E-state index is 0.0341. The number of carboxylic acids is 1. The molecule has 1 rings (SSSR count). The molecule has 4 nitrogen and oxygen atoms in total. The predicted molar refractivity (Wildman–Crippen MR) is 40.7 cm³/mol. The van der Waals surface area contributed by atoms with Crippen LogP contribution in [0.25, 0.3) is 0 Å². The fourth-order valence-electron chi connectivity index (χ4n) is 0.613. The highest BCUT2D eigenvalue weighted by Crippen LogP contribution is 2.14. The van der Waals surface area contributed by atoms with E-state index in [-0.39, 0.29) is 11.4 Å². The Labute approximate surface area is 71.2 Å². The standard InChI is InChI=1S/C6H5BrN2O2/c7-3-1-4(6(10)11)5(8)9-2-3/h1-2H,(H2,8,9)(H,10,11)/p-1. The van der Waals surface area contributed by atoms with Gasteiger partial charge >= 0.3 is 0 Å². The number of carbonyl (C=O) groups excluding carboxylic acids is 1. The first-order chi connectivity index (χ1) is 5.11. The maximum atomic E-state index is 10.3. The average molecular weight is 216 g/mol. The molecule has 0 aliphatic rings. The van der Waals surface area contributed by atoms with Gasteiger partial charge in [0.15, 0.2) is 0 Å². The van der Waals surface area contributed by atoms with Gasteiger partial charge < -0.3 is 15.6 Å². The van der Waals surface area contributed by atoms with Gasteiger partial charge in [-0.15, -0.1) is 0 Å². The number of pyridine rings is 1. The summed E-state index contributed by atoms with van der Waals surface area (Å²) < 4.78 is 0.561. The Morgan fingerprint density at radius 2 is 2.36 bits per heavy atom. The summed E-state index contributed by atoms with van der Waals surface area (Å²) in [6.07, 6.45) is 1.42. The van der Waals surface area contributed by atoms with Gasteiger partial charge in [-0.25, -0.2) is 4.98 Å². The first-order valence-corrected chi connectivity index (χ1v) is 3.53. The van der Waals surface area contributed by atoms with Crippen molar-refractivity contribution in [1.82, 2.24) is 4.98 Å². The van der Waals surface area contributed by atoms with E-state index in [0.29, 0.717) is 4.47 Å². The lowest BCUT2D eigenvalue weighted by Crippen LogP contribution is -2.23. The molecule has 0 unspecified atom stereocenters. The lowest BCUT2D eigenvalue weighted by Gasteiger charge is -2.04. The Morgan fingerprint density at radius 1 is 1.73 bits per heavy atom. The first kappa shape index (κ1) is 8.00. The van der Waals surface area contributed by atoms with Crippen LogP contribution in [0.2, 0.25) is 0 Å². The number of nitrogens with two attached hydrogens (primary N) is 1. The molecule has 58 valence electrons. The summed E-state index contributed by atoms with van der Waals surface area (Å²) in [5.74, 6) is -1.36. The van der Waals surface area contributed by atoms with Crippen LogP contribution in [0.4, 0.5) is 5.82 Å². The van der Waals surface area contributed by atoms with E-state index in [2.05, 4.69) is 20.9 Å². The first-order valence-electron chi connectivity index (χ1n) is 2.73. The van der Waals surface area contributed by atoms with E-state index >= 15 is 0 Å². The van der Waals surface area contributed by atoms with Gasteiger partial charge in [-0.2, -0.15) is 0 Å². The van der Waals surface area contributed by atoms with Crippen molar-refractivity contribution in [1.29, 1.82) is 0 Å². The number of rotatable bonds is 1. The van der Waals surface area contributed by atoms with Crippen molar-refractivity contribution in [3.05, 3.63) is 22.3 Å². The van der Waals surface area contributed by atoms with Crippen LogP contribution in [0.1, 0.15) is 10.4 Å². The number of carboxylic acid groups (broad SMARTS) is 1. The molecule has 0 bridgehead atoms. The Morgan fingerprint density at radius 3 is 2.82 bits per heavy atom. The van der Waals surface area contributed by atoms with Crippen LogP contribution in [0.3, 0.4) is 0 Å². The minimum atomic E-state index is -1.32. The molecule has 0 spiro atoms. The molecular weight excluding hydrogens is 212 g/mol. The van der Waals surface area contributed by atoms with Crippen molar-refractivity contribution >= 4 is 27.7 Å². The second kappa shape index (κ2) is 2.87. The van der Waals surface area contributed by atoms with E-state index in [9.17, 15) is 9.90 Å². The monoisotopic (exact) mass is 215 g/mol. The zero-order chi connectivity index (χ0) is 8.43. The largest absolute Gasteiger partial charge is 0.545 e. The summed E-state index contributed by atoms with van der Waals surface area (Å²) in [7, 11) is 0. The van der Waals surface area contributed by atoms with Crippen LogP contribution in [-0.4, -0.2) is 11.0 Å². The van der Waals surface area contributed by atoms with Gasteiger partial charge in [-0.3, -0.25) is 0 Å². The maximum absolute atomic E-state index is 10.3. The number of halogens is 1. The van der Waals surface area contributed by atoms with Crippen molar-refractivity contribution in [2.75, 3.05) is 5.73 Å². The number of aromatic nitrogens is 1. The highest BCUT2D eigenvalue weighted by Gasteiger charge is 2.00. The fraction of sp³-hybridized carbons (Fsp3) is 0. The average Bonchev–Trinajstić information content (AvgIpc) is 1.94. The van der Waals surface area contributed by atoms with Gasteiger partial charge in [0.1, 0.15) is 5.82 Å². The Kier molecular flexibility index (Phi) is 2.09. The molecule has 0 radical (unpaired) electrons. The van der Waals surface area contributed by atoms with Gasteiger partial charge in [0.05, 0.1) is 5.97 Å². The molecule has 0 atom stereocenters. The number of nitrogens with zero attached hydrogens (tertiary/aromatic N) is 1. The number of hydrogen-bond donors (Lipinski definition) is 1. The lowest BCUT2D eigenvalue weighted by molar-refractivity contribution is -0.254. The van der Waals surface area contributed by atoms with Gasteiger partial charge in [0, 0.05) is 16.2 Å². The topological polar surface area (TPSA) is 79.0 Å². The Bertz CT molecular complexity index is 301. The molecule has 0 aromatic carbocycles. The van der Waals surface area contributed by atoms with E-state index in [1.54, 1.807) is 0 Å². The smallest absolute Gasteiger partial charge is 0.132 e. The molecule has 1 aromatic rings. The molecule has 0 saturated heterocycles. The molecule has 0 amide bonds. The SMILES string of the molecule is Nc1ncc(Br)cc1C(=O)[O-]. The molecule has 1 heterocycles. The highest BCUT2D eigenvalue weighted by molar-refractivity contribution is 9.10. The quantitative estimate of drug-likeness (QED) is 0.704. The van der Waals surface area contributed by atoms with Gasteiger partial charge in [-0.05, 0) is 22.0 Å². The number of hydrogen-bond acceptors (Lipinski definition) is 4. The highest BCUT2D eigenvalue weighted by atomic mass is 79.9. The third kappa shape index (κ3) is 1.68. The number of carbonyl (C=O) groups is 1. The van der Waals surface area contributed by atoms with Crippen molar-refractivity contribution < 1.29 is 9.90 Å². The molecular formula is C6H4BrN2O2-. The zero-order valence-corrected chi connectivity index (χ0v) is 6.96. The Balaban J connectivity index is 3.23. The van der Waals surface area contributed by atoms with Gasteiger partial charge in [0.2, 0.25) is 0 Å². The second-order valence-corrected chi connectivity index (χ2v) is 2.79. The molecule has 5 heteroatoms. The van der Waals surface area contributed by atoms with E-state index < -0.39 is 5.97 Å². The van der Waals surface area contributed by atoms with Crippen LogP contribution < -0.4 is 10.8 Å². The summed E-state index contributed by atoms with van der Waals surface area (Å²) in [6.45, 7) is 0. The normalized spacial score (nSPS) is 9.55.